The summed E-state index contributed by atoms with van der Waals surface area (Å²) in [5.41, 5.74) is 2.47. The van der Waals surface area contributed by atoms with Crippen molar-refractivity contribution in [2.24, 2.45) is 0 Å². The van der Waals surface area contributed by atoms with E-state index in [1.54, 1.807) is 40.8 Å². The van der Waals surface area contributed by atoms with Gasteiger partial charge in [0.25, 0.3) is 23.3 Å². The number of likely N-dealkylation sites (tertiary alicyclic amines) is 1. The number of pyridine rings is 2. The summed E-state index contributed by atoms with van der Waals surface area (Å²) in [4.78, 5) is 46.2. The van der Waals surface area contributed by atoms with Crippen LogP contribution >= 0.6 is 11.9 Å². The van der Waals surface area contributed by atoms with Crippen LogP contribution in [0.3, 0.4) is 0 Å². The van der Waals surface area contributed by atoms with E-state index >= 15 is 0 Å². The number of rotatable bonds is 11. The Morgan fingerprint density at radius 3 is 2.60 bits per heavy atom. The third-order valence-corrected chi connectivity index (χ3v) is 9.57. The fraction of sp³-hybridized carbons (Fsp3) is 0.424. The van der Waals surface area contributed by atoms with Gasteiger partial charge in [0, 0.05) is 42.5 Å². The fourth-order valence-electron chi connectivity index (χ4n) is 5.79. The minimum atomic E-state index is -2.94. The molecule has 244 valence electrons. The van der Waals surface area contributed by atoms with Crippen LogP contribution in [0.15, 0.2) is 47.4 Å². The Labute approximate surface area is 274 Å². The molecule has 2 N–H and O–H groups in total. The quantitative estimate of drug-likeness (QED) is 0.175. The maximum Gasteiger partial charge on any atom is 0.282 e. The minimum absolute atomic E-state index is 0.00456. The first-order valence-corrected chi connectivity index (χ1v) is 16.6. The van der Waals surface area contributed by atoms with Crippen LogP contribution in [0.1, 0.15) is 75.2 Å². The summed E-state index contributed by atoms with van der Waals surface area (Å²) in [6.07, 6.45) is 5.39. The van der Waals surface area contributed by atoms with Gasteiger partial charge in [-0.2, -0.15) is 5.26 Å². The number of hydrogen-bond donors (Lipinski definition) is 2. The topological polar surface area (TPSA) is 133 Å². The molecule has 4 fully saturated rings. The second-order valence-electron chi connectivity index (χ2n) is 12.4. The Morgan fingerprint density at radius 1 is 1.11 bits per heavy atom. The predicted molar refractivity (Wildman–Crippen MR) is 171 cm³/mol. The molecule has 0 atom stereocenters. The number of aromatic nitrogens is 2. The molecule has 2 aliphatic carbocycles. The van der Waals surface area contributed by atoms with E-state index in [1.807, 2.05) is 18.3 Å². The summed E-state index contributed by atoms with van der Waals surface area (Å²) >= 11 is 1.63. The van der Waals surface area contributed by atoms with Gasteiger partial charge in [0.1, 0.15) is 18.1 Å². The molecular weight excluding hydrogens is 628 g/mol. The number of carbonyl (C=O) groups is 2. The second kappa shape index (κ2) is 12.8. The minimum Gasteiger partial charge on any atom is -0.364 e. The smallest absolute Gasteiger partial charge is 0.282 e. The first-order chi connectivity index (χ1) is 22.7. The number of anilines is 1. The van der Waals surface area contributed by atoms with Crippen LogP contribution < -0.4 is 16.2 Å². The third kappa shape index (κ3) is 7.08. The molecular formula is C33H33F2N7O4S. The van der Waals surface area contributed by atoms with Crippen molar-refractivity contribution in [3.8, 4) is 17.2 Å². The summed E-state index contributed by atoms with van der Waals surface area (Å²) < 4.78 is 36.4. The highest BCUT2D eigenvalue weighted by Gasteiger charge is 2.46. The van der Waals surface area contributed by atoms with Gasteiger partial charge in [-0.3, -0.25) is 14.4 Å². The summed E-state index contributed by atoms with van der Waals surface area (Å²) in [5, 5.41) is 15.7. The highest BCUT2D eigenvalue weighted by Crippen LogP contribution is 2.42. The monoisotopic (exact) mass is 661 g/mol. The molecule has 47 heavy (non-hydrogen) atoms. The van der Waals surface area contributed by atoms with Gasteiger partial charge in [-0.1, -0.05) is 18.0 Å². The molecule has 1 aromatic carbocycles. The van der Waals surface area contributed by atoms with Crippen LogP contribution in [0.2, 0.25) is 0 Å². The number of halogens is 2. The number of nitrogens with zero attached hydrogens (tertiary/aromatic N) is 5. The maximum absolute atomic E-state index is 13.7. The van der Waals surface area contributed by atoms with Crippen molar-refractivity contribution in [2.75, 3.05) is 44.2 Å². The molecule has 2 amide bonds. The van der Waals surface area contributed by atoms with Crippen molar-refractivity contribution in [3.63, 3.8) is 0 Å². The van der Waals surface area contributed by atoms with Crippen molar-refractivity contribution in [1.29, 1.82) is 5.26 Å². The highest BCUT2D eigenvalue weighted by molar-refractivity contribution is 7.96. The van der Waals surface area contributed by atoms with Crippen molar-refractivity contribution in [2.45, 2.75) is 50.1 Å². The van der Waals surface area contributed by atoms with Crippen LogP contribution in [0.5, 0.6) is 0 Å². The van der Waals surface area contributed by atoms with Crippen molar-refractivity contribution in [1.82, 2.24) is 24.1 Å². The van der Waals surface area contributed by atoms with E-state index in [-0.39, 0.29) is 40.0 Å². The van der Waals surface area contributed by atoms with Crippen molar-refractivity contribution in [3.05, 3.63) is 80.9 Å². The SMILES string of the molecule is N#Cc1ccc(-c2cc(NC(=O)c3cc(CNCSN4CCOC4)cn(C4CC4)c3=O)nc(C3CC3)c2)c(C(=O)N2CC(F)(F)C2)c1. The third-order valence-electron chi connectivity index (χ3n) is 8.59. The molecule has 2 saturated carbocycles. The van der Waals surface area contributed by atoms with Crippen LogP contribution in [0, 0.1) is 11.3 Å². The average molecular weight is 662 g/mol. The molecule has 0 bridgehead atoms. The van der Waals surface area contributed by atoms with Crippen LogP contribution in [-0.4, -0.2) is 75.3 Å². The van der Waals surface area contributed by atoms with Gasteiger partial charge >= 0.3 is 0 Å². The van der Waals surface area contributed by atoms with Gasteiger partial charge in [-0.25, -0.2) is 18.1 Å². The molecule has 4 aliphatic rings. The van der Waals surface area contributed by atoms with Crippen molar-refractivity contribution >= 4 is 29.6 Å². The molecule has 0 spiro atoms. The van der Waals surface area contributed by atoms with E-state index < -0.39 is 30.8 Å². The van der Waals surface area contributed by atoms with E-state index in [1.165, 1.54) is 6.07 Å². The summed E-state index contributed by atoms with van der Waals surface area (Å²) in [6, 6.07) is 11.7. The zero-order valence-electron chi connectivity index (χ0n) is 25.5. The predicted octanol–water partition coefficient (Wildman–Crippen LogP) is 4.32. The van der Waals surface area contributed by atoms with Crippen LogP contribution in [-0.2, 0) is 11.3 Å². The largest absolute Gasteiger partial charge is 0.364 e. The van der Waals surface area contributed by atoms with Gasteiger partial charge in [-0.05, 0) is 72.7 Å². The zero-order valence-corrected chi connectivity index (χ0v) is 26.3. The first kappa shape index (κ1) is 31.4. The lowest BCUT2D eigenvalue weighted by Gasteiger charge is -2.39. The van der Waals surface area contributed by atoms with E-state index in [2.05, 4.69) is 19.9 Å². The average Bonchev–Trinajstić information content (AvgIpc) is 4.00. The molecule has 11 nitrogen and oxygen atoms in total. The van der Waals surface area contributed by atoms with Gasteiger partial charge in [0.15, 0.2) is 0 Å². The van der Waals surface area contributed by atoms with Crippen molar-refractivity contribution < 1.29 is 23.1 Å². The highest BCUT2D eigenvalue weighted by atomic mass is 32.2. The van der Waals surface area contributed by atoms with Gasteiger partial charge in [-0.15, -0.1) is 0 Å². The first-order valence-electron chi connectivity index (χ1n) is 15.6. The number of benzene rings is 1. The lowest BCUT2D eigenvalue weighted by molar-refractivity contribution is -0.113. The molecule has 7 rings (SSSR count). The number of ether oxygens (including phenoxy) is 1. The number of carbonyl (C=O) groups excluding carboxylic acids is 2. The van der Waals surface area contributed by atoms with Gasteiger partial charge in [0.05, 0.1) is 37.2 Å². The molecule has 4 heterocycles. The number of hydrogen-bond acceptors (Lipinski definition) is 9. The number of nitriles is 1. The summed E-state index contributed by atoms with van der Waals surface area (Å²) in [7, 11) is 0. The molecule has 2 saturated heterocycles. The summed E-state index contributed by atoms with van der Waals surface area (Å²) in [5.74, 6) is -3.12. The molecule has 0 radical (unpaired) electrons. The van der Waals surface area contributed by atoms with Crippen LogP contribution in [0.4, 0.5) is 14.6 Å². The molecule has 0 unspecified atom stereocenters. The lowest BCUT2D eigenvalue weighted by atomic mass is 9.95. The van der Waals surface area contributed by atoms with Gasteiger partial charge < -0.3 is 24.8 Å². The van der Waals surface area contributed by atoms with Crippen LogP contribution in [0.25, 0.3) is 11.1 Å². The standard InChI is InChI=1S/C33H33F2N7O4S/c34-33(35)16-40(17-33)31(44)26-9-20(13-36)1-6-25(26)23-11-28(22-2-3-22)38-29(12-23)39-30(43)27-10-21(15-42(32(27)45)24-4-5-24)14-37-18-47-41-7-8-46-19-41/h1,6,9-12,15,22,24,37H,2-5,7-8,14,16-19H2,(H,38,39,43). The molecule has 2 aromatic heterocycles. The number of nitrogens with one attached hydrogen (secondary N) is 2. The summed E-state index contributed by atoms with van der Waals surface area (Å²) in [6.45, 7) is 1.25. The zero-order chi connectivity index (χ0) is 32.7. The Bertz CT molecular complexity index is 1820. The number of alkyl halides is 2. The second-order valence-corrected chi connectivity index (χ2v) is 13.5. The molecule has 2 aliphatic heterocycles. The van der Waals surface area contributed by atoms with E-state index in [9.17, 15) is 28.4 Å². The lowest BCUT2D eigenvalue weighted by Crippen LogP contribution is -2.58. The normalized spacial score (nSPS) is 18.9. The molecule has 14 heteroatoms. The maximum atomic E-state index is 13.7. The van der Waals surface area contributed by atoms with E-state index in [4.69, 9.17) is 4.74 Å². The Kier molecular flexibility index (Phi) is 8.56. The van der Waals surface area contributed by atoms with E-state index in [0.29, 0.717) is 42.6 Å². The fourth-order valence-corrected chi connectivity index (χ4v) is 6.52. The molecule has 3 aromatic rings. The number of amides is 2. The Balaban J connectivity index is 1.16. The Morgan fingerprint density at radius 2 is 1.91 bits per heavy atom. The van der Waals surface area contributed by atoms with Gasteiger partial charge in [0.2, 0.25) is 0 Å². The van der Waals surface area contributed by atoms with E-state index in [0.717, 1.165) is 42.7 Å². The Hall–Kier alpha value is -4.16.